The van der Waals surface area contributed by atoms with Crippen molar-refractivity contribution >= 4 is 26.2 Å². The molecule has 0 spiro atoms. The SMILES string of the molecule is CCCCCCC(=O)CS(CC)(CC)OS(=O)(=O)C(F)(F)C(F)(F)C(F)(F)C(F)(F)C(F)(F)C(F)(F)C(F)(F)C(F)(F)F. The van der Waals surface area contributed by atoms with E-state index >= 15 is 0 Å². The molecule has 0 rings (SSSR count). The molecule has 0 bridgehead atoms. The molecule has 0 radical (unpaired) electrons. The van der Waals surface area contributed by atoms with E-state index in [0.29, 0.717) is 19.3 Å². The van der Waals surface area contributed by atoms with Crippen LogP contribution >= 0.6 is 10.3 Å². The zero-order chi connectivity index (χ0) is 34.9. The van der Waals surface area contributed by atoms with Crippen LogP contribution < -0.4 is 0 Å². The molecule has 0 N–H and O–H groups in total. The smallest absolute Gasteiger partial charge is 0.299 e. The summed E-state index contributed by atoms with van der Waals surface area (Å²) in [5.41, 5.74) is 0. The van der Waals surface area contributed by atoms with Crippen molar-refractivity contribution in [3.8, 4) is 0 Å². The number of carbonyl (C=O) groups is 1. The van der Waals surface area contributed by atoms with Crippen LogP contribution in [0.15, 0.2) is 0 Å². The summed E-state index contributed by atoms with van der Waals surface area (Å²) in [5.74, 6) is -55.7. The quantitative estimate of drug-likeness (QED) is 0.105. The average Bonchev–Trinajstić information content (AvgIpc) is 2.84. The Morgan fingerprint density at radius 3 is 1.28 bits per heavy atom. The standard InChI is InChI=1S/C20H25F17O4S2/c1-4-7-8-9-10-12(38)11-42(5-2,6-3)41-43(39,40)20(36,37)18(31,32)16(27,28)14(23,24)13(21,22)15(25,26)17(29,30)19(33,34)35/h4-11H2,1-3H3. The Morgan fingerprint density at radius 1 is 0.558 bits per heavy atom. The van der Waals surface area contributed by atoms with Crippen molar-refractivity contribution in [2.24, 2.45) is 0 Å². The van der Waals surface area contributed by atoms with E-state index in [9.17, 15) is 87.8 Å². The van der Waals surface area contributed by atoms with Gasteiger partial charge < -0.3 is 0 Å². The minimum absolute atomic E-state index is 0.157. The van der Waals surface area contributed by atoms with Crippen molar-refractivity contribution in [2.75, 3.05) is 17.3 Å². The molecule has 0 aromatic heterocycles. The highest BCUT2D eigenvalue weighted by atomic mass is 32.3. The maximum Gasteiger partial charge on any atom is 0.460 e. The van der Waals surface area contributed by atoms with Gasteiger partial charge in [-0.25, -0.2) is 3.63 Å². The Balaban J connectivity index is 6.77. The van der Waals surface area contributed by atoms with Gasteiger partial charge in [0.15, 0.2) is 0 Å². The first-order chi connectivity index (χ1) is 18.8. The van der Waals surface area contributed by atoms with Gasteiger partial charge in [0.05, 0.1) is 5.75 Å². The summed E-state index contributed by atoms with van der Waals surface area (Å²) in [6, 6.07) is 0. The molecule has 0 aliphatic carbocycles. The molecule has 0 fully saturated rings. The lowest BCUT2D eigenvalue weighted by atomic mass is 9.91. The summed E-state index contributed by atoms with van der Waals surface area (Å²) < 4.78 is 258. The first-order valence-electron chi connectivity index (χ1n) is 11.7. The molecule has 43 heavy (non-hydrogen) atoms. The predicted molar refractivity (Wildman–Crippen MR) is 118 cm³/mol. The van der Waals surface area contributed by atoms with E-state index in [2.05, 4.69) is 3.63 Å². The highest BCUT2D eigenvalue weighted by molar-refractivity contribution is 8.33. The van der Waals surface area contributed by atoms with Gasteiger partial charge in [0.1, 0.15) is 5.78 Å². The second kappa shape index (κ2) is 12.9. The average molecular weight is 717 g/mol. The Labute approximate surface area is 235 Å². The number of unbranched alkanes of at least 4 members (excludes halogenated alkanes) is 3. The lowest BCUT2D eigenvalue weighted by molar-refractivity contribution is -0.458. The highest BCUT2D eigenvalue weighted by Crippen LogP contribution is 2.65. The second-order valence-corrected chi connectivity index (χ2v) is 14.4. The summed E-state index contributed by atoms with van der Waals surface area (Å²) in [6.45, 7) is 3.63. The van der Waals surface area contributed by atoms with E-state index in [1.807, 2.05) is 0 Å². The van der Waals surface area contributed by atoms with Gasteiger partial charge in [0.2, 0.25) is 0 Å². The fourth-order valence-electron chi connectivity index (χ4n) is 3.18. The number of alkyl halides is 17. The number of Topliss-reactive ketones (excluding diaryl/α,β-unsaturated/α-hetero) is 1. The monoisotopic (exact) mass is 716 g/mol. The van der Waals surface area contributed by atoms with Crippen LogP contribution in [0.1, 0.15) is 52.9 Å². The number of hydrogen-bond donors (Lipinski definition) is 0. The van der Waals surface area contributed by atoms with E-state index in [0.717, 1.165) is 13.8 Å². The molecule has 260 valence electrons. The Hall–Kier alpha value is -1.26. The summed E-state index contributed by atoms with van der Waals surface area (Å²) in [5, 5.41) is -7.77. The lowest BCUT2D eigenvalue weighted by Gasteiger charge is -2.43. The number of halogens is 17. The highest BCUT2D eigenvalue weighted by Gasteiger charge is 2.96. The molecule has 0 aromatic carbocycles. The van der Waals surface area contributed by atoms with Crippen molar-refractivity contribution in [3.63, 3.8) is 0 Å². The molecule has 23 heteroatoms. The van der Waals surface area contributed by atoms with Crippen LogP contribution in [0.4, 0.5) is 74.6 Å². The number of ketones is 1. The summed E-state index contributed by atoms with van der Waals surface area (Å²) in [7, 11) is -11.6. The lowest BCUT2D eigenvalue weighted by Crippen LogP contribution is -2.75. The minimum Gasteiger partial charge on any atom is -0.299 e. The molecular formula is C20H25F17O4S2. The van der Waals surface area contributed by atoms with Crippen LogP contribution in [0, 0.1) is 0 Å². The topological polar surface area (TPSA) is 60.4 Å². The van der Waals surface area contributed by atoms with E-state index < -0.39 is 90.4 Å². The van der Waals surface area contributed by atoms with E-state index in [1.165, 1.54) is 0 Å². The van der Waals surface area contributed by atoms with Crippen molar-refractivity contribution in [1.29, 1.82) is 0 Å². The molecule has 0 aliphatic heterocycles. The molecule has 0 heterocycles. The predicted octanol–water partition coefficient (Wildman–Crippen LogP) is 8.60. The van der Waals surface area contributed by atoms with Crippen LogP contribution in [0.2, 0.25) is 0 Å². The number of rotatable bonds is 18. The molecule has 0 atom stereocenters. The first-order valence-corrected chi connectivity index (χ1v) is 15.2. The van der Waals surface area contributed by atoms with E-state index in [-0.39, 0.29) is 12.8 Å². The van der Waals surface area contributed by atoms with Gasteiger partial charge >= 0.3 is 57.1 Å². The third-order valence-electron chi connectivity index (χ3n) is 6.03. The summed E-state index contributed by atoms with van der Waals surface area (Å²) in [6.07, 6.45) is -6.37. The van der Waals surface area contributed by atoms with Gasteiger partial charge in [-0.1, -0.05) is 40.0 Å². The fourth-order valence-corrected chi connectivity index (χ4v) is 8.00. The van der Waals surface area contributed by atoms with Crippen LogP contribution in [0.3, 0.4) is 0 Å². The van der Waals surface area contributed by atoms with Crippen LogP contribution in [-0.2, 0) is 18.5 Å². The van der Waals surface area contributed by atoms with Gasteiger partial charge in [-0.15, -0.1) is 10.3 Å². The van der Waals surface area contributed by atoms with Crippen LogP contribution in [-0.4, -0.2) is 78.4 Å². The maximum atomic E-state index is 14.4. The molecule has 0 unspecified atom stereocenters. The maximum absolute atomic E-state index is 14.4. The van der Waals surface area contributed by atoms with Crippen LogP contribution in [0.25, 0.3) is 0 Å². The first kappa shape index (κ1) is 41.7. The second-order valence-electron chi connectivity index (χ2n) is 9.02. The summed E-state index contributed by atoms with van der Waals surface area (Å²) in [4.78, 5) is 12.2. The molecule has 4 nitrogen and oxygen atoms in total. The van der Waals surface area contributed by atoms with Crippen molar-refractivity contribution < 1.29 is 91.5 Å². The van der Waals surface area contributed by atoms with Gasteiger partial charge in [-0.2, -0.15) is 83.1 Å². The molecule has 0 aromatic rings. The Morgan fingerprint density at radius 2 is 0.930 bits per heavy atom. The van der Waals surface area contributed by atoms with Gasteiger partial charge in [0, 0.05) is 6.42 Å². The number of hydrogen-bond acceptors (Lipinski definition) is 4. The molecule has 0 saturated carbocycles. The third-order valence-corrected chi connectivity index (χ3v) is 11.7. The third kappa shape index (κ3) is 6.96. The van der Waals surface area contributed by atoms with Crippen molar-refractivity contribution in [1.82, 2.24) is 0 Å². The minimum atomic E-state index is -8.92. The van der Waals surface area contributed by atoms with Crippen molar-refractivity contribution in [2.45, 2.75) is 99.8 Å². The summed E-state index contributed by atoms with van der Waals surface area (Å²) >= 11 is 0. The largest absolute Gasteiger partial charge is 0.460 e. The molecular weight excluding hydrogens is 691 g/mol. The zero-order valence-electron chi connectivity index (χ0n) is 22.0. The van der Waals surface area contributed by atoms with Gasteiger partial charge in [-0.3, -0.25) is 4.79 Å². The van der Waals surface area contributed by atoms with Crippen molar-refractivity contribution in [3.05, 3.63) is 0 Å². The normalized spacial score (nSPS) is 16.0. The van der Waals surface area contributed by atoms with E-state index in [4.69, 9.17) is 0 Å². The fraction of sp³-hybridized carbons (Fsp3) is 0.950. The Kier molecular flexibility index (Phi) is 12.5. The molecule has 0 saturated heterocycles. The number of carbonyl (C=O) groups excluding carboxylic acids is 1. The molecule has 0 aliphatic rings. The van der Waals surface area contributed by atoms with E-state index in [1.54, 1.807) is 6.92 Å². The molecule has 0 amide bonds. The van der Waals surface area contributed by atoms with Gasteiger partial charge in [-0.05, 0) is 17.9 Å². The zero-order valence-corrected chi connectivity index (χ0v) is 23.7. The van der Waals surface area contributed by atoms with Crippen LogP contribution in [0.5, 0.6) is 0 Å². The Bertz CT molecular complexity index is 1070. The van der Waals surface area contributed by atoms with Gasteiger partial charge in [0.25, 0.3) is 0 Å².